The van der Waals surface area contributed by atoms with Crippen LogP contribution in [0.5, 0.6) is 0 Å². The van der Waals surface area contributed by atoms with E-state index in [-0.39, 0.29) is 12.0 Å². The second kappa shape index (κ2) is 6.11. The summed E-state index contributed by atoms with van der Waals surface area (Å²) < 4.78 is 18.1. The molecule has 0 aliphatic rings. The third-order valence-corrected chi connectivity index (χ3v) is 2.95. The van der Waals surface area contributed by atoms with Gasteiger partial charge in [0.05, 0.1) is 0 Å². The van der Waals surface area contributed by atoms with Crippen molar-refractivity contribution in [3.8, 4) is 0 Å². The highest BCUT2D eigenvalue weighted by Crippen LogP contribution is 2.26. The minimum atomic E-state index is -1.66. The Balaban J connectivity index is 3.13. The SMILES string of the molecule is CCC(NC(=O)OC(C)(C)C)(C(=O)O)c1ccc(F)cc1. The number of amides is 1. The number of rotatable bonds is 4. The van der Waals surface area contributed by atoms with Gasteiger partial charge in [0.25, 0.3) is 0 Å². The molecular formula is C15H20FNO4. The van der Waals surface area contributed by atoms with Crippen molar-refractivity contribution in [2.45, 2.75) is 45.3 Å². The predicted octanol–water partition coefficient (Wildman–Crippen LogP) is 3.04. The van der Waals surface area contributed by atoms with E-state index in [9.17, 15) is 19.1 Å². The lowest BCUT2D eigenvalue weighted by Crippen LogP contribution is -2.52. The third kappa shape index (κ3) is 4.18. The van der Waals surface area contributed by atoms with Crippen LogP contribution in [0.4, 0.5) is 9.18 Å². The van der Waals surface area contributed by atoms with E-state index in [2.05, 4.69) is 5.32 Å². The molecule has 0 aromatic heterocycles. The molecule has 21 heavy (non-hydrogen) atoms. The highest BCUT2D eigenvalue weighted by atomic mass is 19.1. The van der Waals surface area contributed by atoms with Crippen LogP contribution in [0.2, 0.25) is 0 Å². The van der Waals surface area contributed by atoms with E-state index in [0.717, 1.165) is 12.1 Å². The molecule has 1 aromatic rings. The summed E-state index contributed by atoms with van der Waals surface area (Å²) in [6.07, 6.45) is -0.746. The Morgan fingerprint density at radius 2 is 1.76 bits per heavy atom. The molecule has 5 nitrogen and oxygen atoms in total. The number of carbonyl (C=O) groups excluding carboxylic acids is 1. The average molecular weight is 297 g/mol. The lowest BCUT2D eigenvalue weighted by Gasteiger charge is -2.31. The van der Waals surface area contributed by atoms with Gasteiger partial charge in [-0.2, -0.15) is 0 Å². The Kier molecular flexibility index (Phi) is 4.93. The van der Waals surface area contributed by atoms with E-state index in [1.54, 1.807) is 27.7 Å². The first-order chi connectivity index (χ1) is 9.60. The molecule has 0 bridgehead atoms. The molecule has 1 rings (SSSR count). The number of hydrogen-bond acceptors (Lipinski definition) is 3. The van der Waals surface area contributed by atoms with Crippen LogP contribution in [-0.4, -0.2) is 22.8 Å². The van der Waals surface area contributed by atoms with Crippen LogP contribution >= 0.6 is 0 Å². The number of benzene rings is 1. The minimum Gasteiger partial charge on any atom is -0.479 e. The zero-order valence-corrected chi connectivity index (χ0v) is 12.6. The van der Waals surface area contributed by atoms with Crippen molar-refractivity contribution in [3.63, 3.8) is 0 Å². The molecule has 2 N–H and O–H groups in total. The van der Waals surface area contributed by atoms with Gasteiger partial charge < -0.3 is 15.2 Å². The fraction of sp³-hybridized carbons (Fsp3) is 0.467. The number of hydrogen-bond donors (Lipinski definition) is 2. The summed E-state index contributed by atoms with van der Waals surface area (Å²) in [5.41, 5.74) is -2.12. The largest absolute Gasteiger partial charge is 0.479 e. The van der Waals surface area contributed by atoms with Gasteiger partial charge in [-0.3, -0.25) is 0 Å². The van der Waals surface area contributed by atoms with Crippen LogP contribution < -0.4 is 5.32 Å². The summed E-state index contributed by atoms with van der Waals surface area (Å²) >= 11 is 0. The van der Waals surface area contributed by atoms with E-state index in [1.165, 1.54) is 12.1 Å². The number of alkyl carbamates (subject to hydrolysis) is 1. The summed E-state index contributed by atoms with van der Waals surface area (Å²) in [4.78, 5) is 23.6. The summed E-state index contributed by atoms with van der Waals surface area (Å²) in [5.74, 6) is -1.71. The Hall–Kier alpha value is -2.11. The van der Waals surface area contributed by atoms with E-state index < -0.39 is 29.0 Å². The molecule has 1 atom stereocenters. The highest BCUT2D eigenvalue weighted by Gasteiger charge is 2.41. The molecule has 1 aromatic carbocycles. The first kappa shape index (κ1) is 16.9. The molecule has 0 aliphatic heterocycles. The maximum Gasteiger partial charge on any atom is 0.408 e. The van der Waals surface area contributed by atoms with Crippen LogP contribution in [0.15, 0.2) is 24.3 Å². The van der Waals surface area contributed by atoms with Gasteiger partial charge in [-0.05, 0) is 44.9 Å². The van der Waals surface area contributed by atoms with Crippen LogP contribution in [0.3, 0.4) is 0 Å². The molecular weight excluding hydrogens is 277 g/mol. The smallest absolute Gasteiger partial charge is 0.408 e. The summed E-state index contributed by atoms with van der Waals surface area (Å²) in [6, 6.07) is 4.98. The first-order valence-corrected chi connectivity index (χ1v) is 6.61. The van der Waals surface area contributed by atoms with Gasteiger partial charge in [-0.1, -0.05) is 19.1 Å². The molecule has 6 heteroatoms. The van der Waals surface area contributed by atoms with Crippen molar-refractivity contribution in [2.75, 3.05) is 0 Å². The topological polar surface area (TPSA) is 75.6 Å². The zero-order chi connectivity index (χ0) is 16.3. The van der Waals surface area contributed by atoms with Crippen LogP contribution in [-0.2, 0) is 15.1 Å². The van der Waals surface area contributed by atoms with Crippen molar-refractivity contribution in [3.05, 3.63) is 35.6 Å². The predicted molar refractivity (Wildman–Crippen MR) is 75.4 cm³/mol. The normalized spacial score (nSPS) is 14.1. The quantitative estimate of drug-likeness (QED) is 0.895. The van der Waals surface area contributed by atoms with Gasteiger partial charge in [-0.15, -0.1) is 0 Å². The molecule has 1 unspecified atom stereocenters. The molecule has 0 aliphatic carbocycles. The van der Waals surface area contributed by atoms with E-state index in [0.29, 0.717) is 0 Å². The summed E-state index contributed by atoms with van der Waals surface area (Å²) in [7, 11) is 0. The summed E-state index contributed by atoms with van der Waals surface area (Å²) in [5, 5.41) is 11.9. The van der Waals surface area contributed by atoms with Crippen molar-refractivity contribution in [1.82, 2.24) is 5.32 Å². The molecule has 0 spiro atoms. The Bertz CT molecular complexity index is 521. The van der Waals surface area contributed by atoms with Crippen molar-refractivity contribution in [1.29, 1.82) is 0 Å². The van der Waals surface area contributed by atoms with Crippen LogP contribution in [0, 0.1) is 5.82 Å². The van der Waals surface area contributed by atoms with Crippen molar-refractivity contribution in [2.24, 2.45) is 0 Å². The van der Waals surface area contributed by atoms with E-state index in [1.807, 2.05) is 0 Å². The fourth-order valence-corrected chi connectivity index (χ4v) is 1.91. The van der Waals surface area contributed by atoms with Gasteiger partial charge in [0.15, 0.2) is 5.54 Å². The van der Waals surface area contributed by atoms with Crippen molar-refractivity contribution >= 4 is 12.1 Å². The van der Waals surface area contributed by atoms with Crippen LogP contribution in [0.1, 0.15) is 39.7 Å². The van der Waals surface area contributed by atoms with Gasteiger partial charge in [-0.25, -0.2) is 14.0 Å². The number of carbonyl (C=O) groups is 2. The molecule has 0 saturated heterocycles. The Labute approximate surface area is 123 Å². The first-order valence-electron chi connectivity index (χ1n) is 6.61. The fourth-order valence-electron chi connectivity index (χ4n) is 1.91. The number of carboxylic acids is 1. The maximum absolute atomic E-state index is 13.0. The monoisotopic (exact) mass is 297 g/mol. The summed E-state index contributed by atoms with van der Waals surface area (Å²) in [6.45, 7) is 6.66. The maximum atomic E-state index is 13.0. The number of halogens is 1. The standard InChI is InChI=1S/C15H20FNO4/c1-5-15(12(18)19,10-6-8-11(16)9-7-10)17-13(20)21-14(2,3)4/h6-9H,5H2,1-4H3,(H,17,20)(H,18,19). The molecule has 1 amide bonds. The second-order valence-corrected chi connectivity index (χ2v) is 5.70. The van der Waals surface area contributed by atoms with E-state index in [4.69, 9.17) is 4.74 Å². The number of ether oxygens (including phenoxy) is 1. The molecule has 0 radical (unpaired) electrons. The Morgan fingerprint density at radius 1 is 1.24 bits per heavy atom. The lowest BCUT2D eigenvalue weighted by molar-refractivity contribution is -0.145. The molecule has 116 valence electrons. The molecule has 0 heterocycles. The lowest BCUT2D eigenvalue weighted by atomic mass is 9.87. The molecule has 0 saturated carbocycles. The van der Waals surface area contributed by atoms with Gasteiger partial charge >= 0.3 is 12.1 Å². The average Bonchev–Trinajstić information content (AvgIpc) is 2.34. The zero-order valence-electron chi connectivity index (χ0n) is 12.6. The van der Waals surface area contributed by atoms with E-state index >= 15 is 0 Å². The van der Waals surface area contributed by atoms with Gasteiger partial charge in [0.2, 0.25) is 0 Å². The number of aliphatic carboxylic acids is 1. The number of nitrogens with one attached hydrogen (secondary N) is 1. The van der Waals surface area contributed by atoms with Crippen LogP contribution in [0.25, 0.3) is 0 Å². The molecule has 0 fully saturated rings. The number of carboxylic acid groups (broad SMARTS) is 1. The van der Waals surface area contributed by atoms with Gasteiger partial charge in [0.1, 0.15) is 11.4 Å². The third-order valence-electron chi connectivity index (χ3n) is 2.95. The minimum absolute atomic E-state index is 0.0905. The highest BCUT2D eigenvalue weighted by molar-refractivity contribution is 5.85. The van der Waals surface area contributed by atoms with Crippen molar-refractivity contribution < 1.29 is 23.8 Å². The Morgan fingerprint density at radius 3 is 2.14 bits per heavy atom. The second-order valence-electron chi connectivity index (χ2n) is 5.70. The van der Waals surface area contributed by atoms with Gasteiger partial charge in [0, 0.05) is 0 Å².